The van der Waals surface area contributed by atoms with Crippen molar-refractivity contribution in [2.45, 2.75) is 19.9 Å². The first-order valence-electron chi connectivity index (χ1n) is 11.0. The highest BCUT2D eigenvalue weighted by Gasteiger charge is 2.26. The van der Waals surface area contributed by atoms with Crippen molar-refractivity contribution in [1.29, 1.82) is 0 Å². The number of aromatic amines is 1. The lowest BCUT2D eigenvalue weighted by atomic mass is 10.0. The topological polar surface area (TPSA) is 103 Å². The second-order valence-electron chi connectivity index (χ2n) is 8.23. The third kappa shape index (κ3) is 4.79. The molecule has 0 spiro atoms. The molecule has 35 heavy (non-hydrogen) atoms. The Morgan fingerprint density at radius 3 is 2.54 bits per heavy atom. The Morgan fingerprint density at radius 1 is 1.14 bits per heavy atom. The van der Waals surface area contributed by atoms with E-state index in [1.807, 2.05) is 6.92 Å². The number of halogens is 1. The van der Waals surface area contributed by atoms with E-state index in [2.05, 4.69) is 9.97 Å². The minimum atomic E-state index is -3.51. The number of hydrogen-bond donors (Lipinski definition) is 1. The maximum Gasteiger partial charge on any atom is 0.328 e. The summed E-state index contributed by atoms with van der Waals surface area (Å²) < 4.78 is 51.5. The van der Waals surface area contributed by atoms with Crippen molar-refractivity contribution in [3.05, 3.63) is 76.1 Å². The molecular formula is C25H26FN3O5S. The molecule has 0 aliphatic rings. The lowest BCUT2D eigenvalue weighted by Gasteiger charge is -2.20. The largest absolute Gasteiger partial charge is 0.493 e. The van der Waals surface area contributed by atoms with E-state index in [9.17, 15) is 17.6 Å². The molecular weight excluding hydrogens is 473 g/mol. The van der Waals surface area contributed by atoms with Gasteiger partial charge in [0.05, 0.1) is 31.0 Å². The molecule has 1 N–H and O–H groups in total. The van der Waals surface area contributed by atoms with Crippen LogP contribution in [-0.4, -0.2) is 48.7 Å². The minimum Gasteiger partial charge on any atom is -0.493 e. The molecule has 0 unspecified atom stereocenters. The van der Waals surface area contributed by atoms with Crippen molar-refractivity contribution in [3.63, 3.8) is 0 Å². The highest BCUT2D eigenvalue weighted by molar-refractivity contribution is 7.90. The molecule has 0 radical (unpaired) electrons. The van der Waals surface area contributed by atoms with Crippen LogP contribution in [0.3, 0.4) is 0 Å². The monoisotopic (exact) mass is 499 g/mol. The molecule has 0 bridgehead atoms. The van der Waals surface area contributed by atoms with Gasteiger partial charge in [0.25, 0.3) is 0 Å². The van der Waals surface area contributed by atoms with E-state index in [4.69, 9.17) is 9.47 Å². The summed E-state index contributed by atoms with van der Waals surface area (Å²) in [5.74, 6) is 0.177. The number of rotatable bonds is 8. The number of ether oxygens (including phenoxy) is 2. The number of imidazole rings is 1. The van der Waals surface area contributed by atoms with Crippen LogP contribution in [0, 0.1) is 12.7 Å². The second-order valence-corrected chi connectivity index (χ2v) is 10.4. The molecule has 0 amide bonds. The van der Waals surface area contributed by atoms with Crippen LogP contribution in [0.5, 0.6) is 11.5 Å². The van der Waals surface area contributed by atoms with Gasteiger partial charge in [0.15, 0.2) is 17.1 Å². The number of aryl methyl sites for hydroxylation is 1. The number of fused-ring (bicyclic) bond motifs is 1. The molecule has 2 aromatic heterocycles. The molecule has 0 aliphatic carbocycles. The number of aromatic nitrogens is 3. The first kappa shape index (κ1) is 24.5. The molecule has 0 fully saturated rings. The summed E-state index contributed by atoms with van der Waals surface area (Å²) >= 11 is 0. The quantitative estimate of drug-likeness (QED) is 0.395. The van der Waals surface area contributed by atoms with Crippen molar-refractivity contribution in [3.8, 4) is 22.6 Å². The fraction of sp³-hybridized carbons (Fsp3) is 0.280. The molecule has 0 saturated carbocycles. The number of sulfone groups is 1. The molecule has 0 saturated heterocycles. The molecule has 2 aromatic carbocycles. The first-order chi connectivity index (χ1) is 16.6. The Morgan fingerprint density at radius 2 is 1.89 bits per heavy atom. The fourth-order valence-electron chi connectivity index (χ4n) is 4.20. The lowest BCUT2D eigenvalue weighted by molar-refractivity contribution is 0.310. The second kappa shape index (κ2) is 9.53. The predicted molar refractivity (Wildman–Crippen MR) is 132 cm³/mol. The Kier molecular flexibility index (Phi) is 6.66. The molecule has 2 heterocycles. The predicted octanol–water partition coefficient (Wildman–Crippen LogP) is 3.88. The van der Waals surface area contributed by atoms with Crippen LogP contribution >= 0.6 is 0 Å². The molecule has 184 valence electrons. The Balaban J connectivity index is 1.94. The number of hydrogen-bond acceptors (Lipinski definition) is 6. The zero-order valence-corrected chi connectivity index (χ0v) is 20.6. The zero-order valence-electron chi connectivity index (χ0n) is 19.8. The summed E-state index contributed by atoms with van der Waals surface area (Å²) in [4.78, 5) is 20.4. The van der Waals surface area contributed by atoms with Crippen LogP contribution in [0.1, 0.15) is 24.1 Å². The van der Waals surface area contributed by atoms with Crippen LogP contribution < -0.4 is 15.2 Å². The fourth-order valence-corrected chi connectivity index (χ4v) is 5.12. The van der Waals surface area contributed by atoms with E-state index in [-0.39, 0.29) is 11.4 Å². The molecule has 0 aliphatic heterocycles. The van der Waals surface area contributed by atoms with Gasteiger partial charge in [-0.15, -0.1) is 0 Å². The number of nitrogens with one attached hydrogen (secondary N) is 1. The van der Waals surface area contributed by atoms with E-state index in [1.54, 1.807) is 43.3 Å². The summed E-state index contributed by atoms with van der Waals surface area (Å²) in [6.07, 6.45) is 2.61. The van der Waals surface area contributed by atoms with Crippen LogP contribution in [0.4, 0.5) is 4.39 Å². The van der Waals surface area contributed by atoms with Gasteiger partial charge < -0.3 is 14.5 Å². The van der Waals surface area contributed by atoms with E-state index in [0.717, 1.165) is 6.26 Å². The van der Waals surface area contributed by atoms with Gasteiger partial charge in [-0.25, -0.2) is 22.6 Å². The van der Waals surface area contributed by atoms with Gasteiger partial charge in [-0.3, -0.25) is 4.57 Å². The van der Waals surface area contributed by atoms with E-state index in [0.29, 0.717) is 45.9 Å². The van der Waals surface area contributed by atoms with Crippen LogP contribution in [0.15, 0.2) is 53.5 Å². The van der Waals surface area contributed by atoms with Gasteiger partial charge in [0.2, 0.25) is 0 Å². The molecule has 4 rings (SSSR count). The minimum absolute atomic E-state index is 0.273. The Bertz CT molecular complexity index is 1560. The van der Waals surface area contributed by atoms with Gasteiger partial charge in [0, 0.05) is 23.6 Å². The average Bonchev–Trinajstić information content (AvgIpc) is 3.15. The third-order valence-electron chi connectivity index (χ3n) is 5.81. The Labute approximate surface area is 202 Å². The normalized spacial score (nSPS) is 12.6. The number of H-pyrrole nitrogens is 1. The van der Waals surface area contributed by atoms with E-state index < -0.39 is 27.4 Å². The van der Waals surface area contributed by atoms with Crippen molar-refractivity contribution in [2.24, 2.45) is 0 Å². The number of pyridine rings is 1. The van der Waals surface area contributed by atoms with Crippen molar-refractivity contribution in [1.82, 2.24) is 14.5 Å². The van der Waals surface area contributed by atoms with Crippen molar-refractivity contribution >= 4 is 21.0 Å². The Hall–Kier alpha value is -3.66. The smallest absolute Gasteiger partial charge is 0.328 e. The third-order valence-corrected chi connectivity index (χ3v) is 6.73. The summed E-state index contributed by atoms with van der Waals surface area (Å²) in [7, 11) is -2.00. The van der Waals surface area contributed by atoms with Gasteiger partial charge in [-0.05, 0) is 43.2 Å². The van der Waals surface area contributed by atoms with E-state index in [1.165, 1.54) is 23.9 Å². The van der Waals surface area contributed by atoms with Gasteiger partial charge >= 0.3 is 5.69 Å². The highest BCUT2D eigenvalue weighted by Crippen LogP contribution is 2.34. The first-order valence-corrected chi connectivity index (χ1v) is 13.0. The zero-order chi connectivity index (χ0) is 25.3. The van der Waals surface area contributed by atoms with Gasteiger partial charge in [0.1, 0.15) is 15.7 Å². The summed E-state index contributed by atoms with van der Waals surface area (Å²) in [6, 6.07) is 10.5. The maximum absolute atomic E-state index is 14.4. The van der Waals surface area contributed by atoms with Crippen LogP contribution in [-0.2, 0) is 9.84 Å². The summed E-state index contributed by atoms with van der Waals surface area (Å²) in [5, 5.41) is 0. The lowest BCUT2D eigenvalue weighted by Crippen LogP contribution is -2.28. The SMILES string of the molecule is CCOc1cc([C@@H](CS(C)(=O)=O)n2c(=O)[nH]c3c(C)c(-c4ccccc4F)cnc32)ccc1OC. The molecule has 8 nitrogen and oxygen atoms in total. The summed E-state index contributed by atoms with van der Waals surface area (Å²) in [6.45, 7) is 3.96. The van der Waals surface area contributed by atoms with Crippen molar-refractivity contribution in [2.75, 3.05) is 25.7 Å². The van der Waals surface area contributed by atoms with E-state index >= 15 is 0 Å². The van der Waals surface area contributed by atoms with Crippen LogP contribution in [0.25, 0.3) is 22.3 Å². The van der Waals surface area contributed by atoms with Crippen molar-refractivity contribution < 1.29 is 22.3 Å². The van der Waals surface area contributed by atoms with Gasteiger partial charge in [-0.2, -0.15) is 0 Å². The molecule has 1 atom stereocenters. The average molecular weight is 500 g/mol. The molecule has 10 heteroatoms. The maximum atomic E-state index is 14.4. The number of benzene rings is 2. The number of nitrogens with zero attached hydrogens (tertiary/aromatic N) is 2. The van der Waals surface area contributed by atoms with Gasteiger partial charge in [-0.1, -0.05) is 24.3 Å². The standard InChI is InChI=1S/C25H26FN3O5S/c1-5-34-22-12-16(10-11-21(22)33-3)20(14-35(4,31)32)29-24-23(28-25(29)30)15(2)18(13-27-24)17-8-6-7-9-19(17)26/h6-13,20H,5,14H2,1-4H3,(H,28,30)/t20-/m1/s1. The summed E-state index contributed by atoms with van der Waals surface area (Å²) in [5.41, 5.74) is 2.22. The molecule has 4 aromatic rings. The highest BCUT2D eigenvalue weighted by atomic mass is 32.2. The van der Waals surface area contributed by atoms with Crippen LogP contribution in [0.2, 0.25) is 0 Å². The number of methoxy groups -OCH3 is 1.